The summed E-state index contributed by atoms with van der Waals surface area (Å²) >= 11 is 0. The van der Waals surface area contributed by atoms with Crippen LogP contribution in [0.2, 0.25) is 0 Å². The number of aliphatic hydroxyl groups excluding tert-OH is 3. The van der Waals surface area contributed by atoms with E-state index in [4.69, 9.17) is 28.4 Å². The summed E-state index contributed by atoms with van der Waals surface area (Å²) in [6, 6.07) is 8.64. The normalized spacial score (nSPS) is 43.8. The lowest BCUT2D eigenvalue weighted by Crippen LogP contribution is -2.62. The molecule has 17 nitrogen and oxygen atoms in total. The summed E-state index contributed by atoms with van der Waals surface area (Å²) in [6.07, 6.45) is -6.97. The number of rotatable bonds is 13. The Hall–Kier alpha value is -2.36. The van der Waals surface area contributed by atoms with E-state index in [0.29, 0.717) is 45.6 Å². The fourth-order valence-electron chi connectivity index (χ4n) is 12.0. The van der Waals surface area contributed by atoms with Crippen molar-refractivity contribution in [1.29, 1.82) is 0 Å². The minimum Gasteiger partial charge on any atom is -0.459 e. The first-order valence-electron chi connectivity index (χ1n) is 25.5. The Morgan fingerprint density at radius 3 is 2.23 bits per heavy atom. The number of ether oxygens (including phenoxy) is 6. The van der Waals surface area contributed by atoms with Gasteiger partial charge >= 0.3 is 5.97 Å². The number of amides is 1. The van der Waals surface area contributed by atoms with E-state index in [1.54, 1.807) is 34.6 Å². The van der Waals surface area contributed by atoms with E-state index in [-0.39, 0.29) is 49.3 Å². The van der Waals surface area contributed by atoms with Crippen molar-refractivity contribution in [2.45, 2.75) is 204 Å². The Kier molecular flexibility index (Phi) is 20.1. The van der Waals surface area contributed by atoms with Gasteiger partial charge in [0.05, 0.1) is 60.3 Å². The molecule has 1 aromatic carbocycles. The summed E-state index contributed by atoms with van der Waals surface area (Å²) in [4.78, 5) is 34.0. The van der Waals surface area contributed by atoms with E-state index >= 15 is 0 Å². The smallest absolute Gasteiger partial charge is 0.309 e. The molecule has 17 heteroatoms. The van der Waals surface area contributed by atoms with Gasteiger partial charge in [0.1, 0.15) is 30.0 Å². The third-order valence-electron chi connectivity index (χ3n) is 16.4. The molecule has 0 saturated carbocycles. The number of likely N-dealkylation sites (N-methyl/N-ethyl adjacent to an activating group) is 3. The molecular formula is C52H90N4O13. The van der Waals surface area contributed by atoms with Crippen LogP contribution < -0.4 is 5.32 Å². The van der Waals surface area contributed by atoms with Crippen LogP contribution in [0, 0.1) is 23.7 Å². The molecule has 396 valence electrons. The fraction of sp³-hybridized carbons (Fsp3) is 0.846. The average Bonchev–Trinajstić information content (AvgIpc) is 3.68. The maximum absolute atomic E-state index is 14.6. The number of esters is 1. The number of hydrogen-bond donors (Lipinski definition) is 6. The van der Waals surface area contributed by atoms with Gasteiger partial charge in [-0.25, -0.2) is 0 Å². The molecule has 0 aliphatic carbocycles. The van der Waals surface area contributed by atoms with Crippen molar-refractivity contribution < 1.29 is 63.5 Å². The number of nitrogens with zero attached hydrogens (tertiary/aromatic N) is 3. The van der Waals surface area contributed by atoms with E-state index in [9.17, 15) is 35.1 Å². The van der Waals surface area contributed by atoms with Crippen LogP contribution >= 0.6 is 0 Å². The van der Waals surface area contributed by atoms with Crippen LogP contribution in [0.15, 0.2) is 30.3 Å². The summed E-state index contributed by atoms with van der Waals surface area (Å²) in [5.41, 5.74) is -3.39. The number of carbonyl (C=O) groups excluding carboxylic acids is 2. The number of benzene rings is 1. The van der Waals surface area contributed by atoms with Crippen LogP contribution in [0.5, 0.6) is 0 Å². The summed E-state index contributed by atoms with van der Waals surface area (Å²) < 4.78 is 38.3. The first-order valence-corrected chi connectivity index (χ1v) is 25.5. The van der Waals surface area contributed by atoms with Crippen LogP contribution in [-0.4, -0.2) is 203 Å². The fourth-order valence-corrected chi connectivity index (χ4v) is 12.0. The average molecular weight is 979 g/mol. The summed E-state index contributed by atoms with van der Waals surface area (Å²) in [7, 11) is 7.21. The van der Waals surface area contributed by atoms with Gasteiger partial charge in [-0.3, -0.25) is 19.4 Å². The zero-order valence-electron chi connectivity index (χ0n) is 44.1. The van der Waals surface area contributed by atoms with Gasteiger partial charge in [-0.05, 0) is 106 Å². The van der Waals surface area contributed by atoms with Crippen LogP contribution in [0.3, 0.4) is 0 Å². The number of likely N-dealkylation sites (tertiary alicyclic amines) is 1. The molecule has 1 aromatic rings. The van der Waals surface area contributed by atoms with Gasteiger partial charge in [0.25, 0.3) is 0 Å². The molecule has 1 amide bonds. The molecule has 4 heterocycles. The molecule has 0 bridgehead atoms. The molecule has 4 aliphatic rings. The SMILES string of the molecule is CC[C@H]1OC(=O)[C@H](C)[C@@H](C2C[C@@](C)(OC)[C@@H](O)[C@H](C)O2)[C@H](C)[C@@H](O[C@@H]2O[C@H](C)C[C@H](N(C)CCNC(=O)[C@@H]3C[C@@H](OCc4ccccc4)CN3C)[C@H]2O)[C@](C)(O)C[C@@H](C)CN(C)[C@H](C)[C@@H](O)[C@]1(C)O. The van der Waals surface area contributed by atoms with Crippen molar-refractivity contribution in [3.05, 3.63) is 35.9 Å². The summed E-state index contributed by atoms with van der Waals surface area (Å²) in [5.74, 6) is -3.25. The Labute approximate surface area is 412 Å². The van der Waals surface area contributed by atoms with Crippen molar-refractivity contribution in [3.8, 4) is 0 Å². The highest BCUT2D eigenvalue weighted by Gasteiger charge is 2.55. The van der Waals surface area contributed by atoms with Crippen LogP contribution in [-0.2, 0) is 44.6 Å². The number of methoxy groups -OCH3 is 1. The van der Waals surface area contributed by atoms with Gasteiger partial charge in [-0.15, -0.1) is 0 Å². The lowest BCUT2D eigenvalue weighted by atomic mass is 9.68. The second-order valence-electron chi connectivity index (χ2n) is 22.2. The zero-order valence-corrected chi connectivity index (χ0v) is 44.1. The molecule has 20 atom stereocenters. The Bertz CT molecular complexity index is 1780. The minimum atomic E-state index is -1.82. The van der Waals surface area contributed by atoms with E-state index in [1.807, 2.05) is 93.9 Å². The van der Waals surface area contributed by atoms with Gasteiger partial charge in [0, 0.05) is 57.7 Å². The molecule has 0 radical (unpaired) electrons. The van der Waals surface area contributed by atoms with E-state index in [2.05, 4.69) is 5.32 Å². The van der Waals surface area contributed by atoms with Crippen molar-refractivity contribution >= 4 is 11.9 Å². The maximum Gasteiger partial charge on any atom is 0.309 e. The van der Waals surface area contributed by atoms with Crippen LogP contribution in [0.25, 0.3) is 0 Å². The van der Waals surface area contributed by atoms with Gasteiger partial charge in [-0.2, -0.15) is 0 Å². The van der Waals surface area contributed by atoms with E-state index < -0.39 is 102 Å². The van der Waals surface area contributed by atoms with Crippen molar-refractivity contribution in [2.75, 3.05) is 54.4 Å². The van der Waals surface area contributed by atoms with Gasteiger partial charge in [-0.1, -0.05) is 58.0 Å². The second-order valence-corrected chi connectivity index (χ2v) is 22.2. The number of aliphatic hydroxyl groups is 5. The molecular weight excluding hydrogens is 889 g/mol. The van der Waals surface area contributed by atoms with Crippen molar-refractivity contribution in [1.82, 2.24) is 20.0 Å². The molecule has 5 rings (SSSR count). The molecule has 4 aliphatic heterocycles. The van der Waals surface area contributed by atoms with E-state index in [1.165, 1.54) is 14.0 Å². The standard InChI is InChI=1S/C52H90N4O13/c1-15-41-52(10,63)44(58)34(6)55(12)27-30(2)25-50(8,62)46(32(4)42(33(5)48(61)68-41)40-26-51(9,64-14)45(59)35(7)67-40)69-49-43(57)38(23-31(3)66-49)54(11)22-21-53-47(60)39-24-37(28-56(39)13)65-29-36-19-17-16-18-20-36/h16-20,30-35,37-46,49,57-59,62-63H,15,21-29H2,1-14H3,(H,53,60)/t30-,31-,32+,33-,34-,35+,37-,38+,39+,40?,41-,42+,43-,44-,45+,46-,49+,50-,51-,52-/m1/s1. The molecule has 4 saturated heterocycles. The number of carbonyl (C=O) groups is 2. The third kappa shape index (κ3) is 13.6. The number of cyclic esters (lactones) is 1. The summed E-state index contributed by atoms with van der Waals surface area (Å²) in [5, 5.41) is 63.1. The molecule has 0 aromatic heterocycles. The minimum absolute atomic E-state index is 0.0649. The van der Waals surface area contributed by atoms with Crippen LogP contribution in [0.4, 0.5) is 0 Å². The molecule has 1 unspecified atom stereocenters. The van der Waals surface area contributed by atoms with Crippen molar-refractivity contribution in [2.24, 2.45) is 23.7 Å². The van der Waals surface area contributed by atoms with Gasteiger partial charge in [0.2, 0.25) is 5.91 Å². The first kappa shape index (κ1) is 57.5. The Morgan fingerprint density at radius 2 is 1.59 bits per heavy atom. The largest absolute Gasteiger partial charge is 0.459 e. The van der Waals surface area contributed by atoms with Crippen LogP contribution in [0.1, 0.15) is 107 Å². The number of hydrogen-bond acceptors (Lipinski definition) is 16. The molecule has 0 spiro atoms. The Morgan fingerprint density at radius 1 is 0.928 bits per heavy atom. The molecule has 6 N–H and O–H groups in total. The number of nitrogens with one attached hydrogen (secondary N) is 1. The highest BCUT2D eigenvalue weighted by atomic mass is 16.7. The Balaban J connectivity index is 1.40. The predicted molar refractivity (Wildman–Crippen MR) is 261 cm³/mol. The van der Waals surface area contributed by atoms with Gasteiger partial charge < -0.3 is 64.2 Å². The van der Waals surface area contributed by atoms with Crippen molar-refractivity contribution in [3.63, 3.8) is 0 Å². The highest BCUT2D eigenvalue weighted by Crippen LogP contribution is 2.45. The monoisotopic (exact) mass is 979 g/mol. The predicted octanol–water partition coefficient (Wildman–Crippen LogP) is 2.95. The van der Waals surface area contributed by atoms with Gasteiger partial charge in [0.15, 0.2) is 6.29 Å². The molecule has 69 heavy (non-hydrogen) atoms. The highest BCUT2D eigenvalue weighted by molar-refractivity contribution is 5.82. The topological polar surface area (TPSA) is 212 Å². The maximum atomic E-state index is 14.6. The third-order valence-corrected chi connectivity index (χ3v) is 16.4. The zero-order chi connectivity index (χ0) is 51.3. The quantitative estimate of drug-likeness (QED) is 0.157. The first-order chi connectivity index (χ1) is 32.3. The molecule has 4 fully saturated rings. The lowest BCUT2D eigenvalue weighted by molar-refractivity contribution is -0.302. The summed E-state index contributed by atoms with van der Waals surface area (Å²) in [6.45, 7) is 20.2. The second kappa shape index (κ2) is 24.1. The lowest BCUT2D eigenvalue weighted by Gasteiger charge is -2.51. The van der Waals surface area contributed by atoms with E-state index in [0.717, 1.165) is 5.56 Å².